The van der Waals surface area contributed by atoms with Crippen LogP contribution in [0.1, 0.15) is 25.7 Å². The molecular formula is C13H17ClFNO. The average molecular weight is 258 g/mol. The topological polar surface area (TPSA) is 21.3 Å². The summed E-state index contributed by atoms with van der Waals surface area (Å²) in [6, 6.07) is 5.09. The Kier molecular flexibility index (Phi) is 4.63. The minimum atomic E-state index is -0.431. The van der Waals surface area contributed by atoms with Gasteiger partial charge in [0.1, 0.15) is 11.6 Å². The first kappa shape index (κ1) is 12.7. The van der Waals surface area contributed by atoms with Crippen molar-refractivity contribution in [1.82, 2.24) is 5.32 Å². The standard InChI is InChI=1S/C13H17ClFNO/c14-12-5-4-11(9-13(12)15)17-8-6-10-3-1-2-7-16-10/h4-5,9-10,16H,1-3,6-8H2. The number of halogens is 2. The Morgan fingerprint density at radius 3 is 3.00 bits per heavy atom. The van der Waals surface area contributed by atoms with Crippen LogP contribution in [-0.2, 0) is 0 Å². The van der Waals surface area contributed by atoms with Gasteiger partial charge in [-0.2, -0.15) is 0 Å². The van der Waals surface area contributed by atoms with E-state index in [1.807, 2.05) is 0 Å². The predicted molar refractivity (Wildman–Crippen MR) is 67.2 cm³/mol. The van der Waals surface area contributed by atoms with Crippen LogP contribution in [0.15, 0.2) is 18.2 Å². The van der Waals surface area contributed by atoms with Crippen molar-refractivity contribution in [2.24, 2.45) is 0 Å². The first-order valence-electron chi connectivity index (χ1n) is 6.07. The molecule has 0 spiro atoms. The molecule has 1 aliphatic rings. The van der Waals surface area contributed by atoms with E-state index in [1.54, 1.807) is 6.07 Å². The summed E-state index contributed by atoms with van der Waals surface area (Å²) in [6.45, 7) is 1.71. The maximum atomic E-state index is 13.1. The van der Waals surface area contributed by atoms with Crippen molar-refractivity contribution in [3.8, 4) is 5.75 Å². The monoisotopic (exact) mass is 257 g/mol. The largest absolute Gasteiger partial charge is 0.493 e. The zero-order valence-corrected chi connectivity index (χ0v) is 10.5. The Bertz CT molecular complexity index is 366. The summed E-state index contributed by atoms with van der Waals surface area (Å²) in [4.78, 5) is 0. The van der Waals surface area contributed by atoms with E-state index in [9.17, 15) is 4.39 Å². The number of nitrogens with one attached hydrogen (secondary N) is 1. The van der Waals surface area contributed by atoms with Crippen molar-refractivity contribution in [2.75, 3.05) is 13.2 Å². The van der Waals surface area contributed by atoms with Crippen LogP contribution in [0, 0.1) is 5.82 Å². The fourth-order valence-corrected chi connectivity index (χ4v) is 2.17. The van der Waals surface area contributed by atoms with Crippen molar-refractivity contribution in [3.63, 3.8) is 0 Å². The Labute approximate surface area is 106 Å². The average Bonchev–Trinajstić information content (AvgIpc) is 2.35. The fraction of sp³-hybridized carbons (Fsp3) is 0.538. The summed E-state index contributed by atoms with van der Waals surface area (Å²) < 4.78 is 18.6. The molecule has 0 aromatic heterocycles. The smallest absolute Gasteiger partial charge is 0.145 e. The molecule has 0 bridgehead atoms. The maximum absolute atomic E-state index is 13.1. The molecule has 0 aliphatic carbocycles. The molecule has 1 N–H and O–H groups in total. The first-order valence-corrected chi connectivity index (χ1v) is 6.45. The zero-order valence-electron chi connectivity index (χ0n) is 9.72. The third-order valence-corrected chi connectivity index (χ3v) is 3.35. The van der Waals surface area contributed by atoms with Gasteiger partial charge in [-0.1, -0.05) is 18.0 Å². The minimum absolute atomic E-state index is 0.131. The summed E-state index contributed by atoms with van der Waals surface area (Å²) in [5, 5.41) is 3.58. The zero-order chi connectivity index (χ0) is 12.1. The lowest BCUT2D eigenvalue weighted by Crippen LogP contribution is -2.35. The normalized spacial score (nSPS) is 20.2. The third kappa shape index (κ3) is 3.86. The number of piperidine rings is 1. The summed E-state index contributed by atoms with van der Waals surface area (Å²) in [7, 11) is 0. The Balaban J connectivity index is 1.75. The van der Waals surface area contributed by atoms with E-state index in [1.165, 1.54) is 31.4 Å². The first-order chi connectivity index (χ1) is 8.25. The molecule has 1 aromatic rings. The van der Waals surface area contributed by atoms with Gasteiger partial charge in [0.25, 0.3) is 0 Å². The number of ether oxygens (including phenoxy) is 1. The lowest BCUT2D eigenvalue weighted by molar-refractivity contribution is 0.267. The van der Waals surface area contributed by atoms with Crippen LogP contribution < -0.4 is 10.1 Å². The van der Waals surface area contributed by atoms with Crippen molar-refractivity contribution >= 4 is 11.6 Å². The Morgan fingerprint density at radius 1 is 1.41 bits per heavy atom. The van der Waals surface area contributed by atoms with Gasteiger partial charge in [0.2, 0.25) is 0 Å². The van der Waals surface area contributed by atoms with Crippen LogP contribution in [0.5, 0.6) is 5.75 Å². The van der Waals surface area contributed by atoms with Crippen LogP contribution in [0.2, 0.25) is 5.02 Å². The van der Waals surface area contributed by atoms with Gasteiger partial charge in [-0.25, -0.2) is 4.39 Å². The lowest BCUT2D eigenvalue weighted by Gasteiger charge is -2.23. The second-order valence-electron chi connectivity index (χ2n) is 4.36. The van der Waals surface area contributed by atoms with Gasteiger partial charge < -0.3 is 10.1 Å². The van der Waals surface area contributed by atoms with E-state index in [2.05, 4.69) is 5.32 Å². The van der Waals surface area contributed by atoms with Gasteiger partial charge in [-0.05, 0) is 37.9 Å². The van der Waals surface area contributed by atoms with Crippen molar-refractivity contribution in [3.05, 3.63) is 29.0 Å². The number of hydrogen-bond donors (Lipinski definition) is 1. The molecule has 94 valence electrons. The SMILES string of the molecule is Fc1cc(OCCC2CCCCN2)ccc1Cl. The van der Waals surface area contributed by atoms with Crippen LogP contribution >= 0.6 is 11.6 Å². The Hall–Kier alpha value is -0.800. The quantitative estimate of drug-likeness (QED) is 0.893. The number of hydrogen-bond acceptors (Lipinski definition) is 2. The lowest BCUT2D eigenvalue weighted by atomic mass is 10.0. The minimum Gasteiger partial charge on any atom is -0.493 e. The maximum Gasteiger partial charge on any atom is 0.145 e. The van der Waals surface area contributed by atoms with Gasteiger partial charge in [0, 0.05) is 12.1 Å². The Morgan fingerprint density at radius 2 is 2.29 bits per heavy atom. The van der Waals surface area contributed by atoms with Crippen molar-refractivity contribution < 1.29 is 9.13 Å². The molecule has 1 atom stereocenters. The van der Waals surface area contributed by atoms with E-state index < -0.39 is 5.82 Å². The molecule has 4 heteroatoms. The predicted octanol–water partition coefficient (Wildman–Crippen LogP) is 3.39. The van der Waals surface area contributed by atoms with Crippen molar-refractivity contribution in [1.29, 1.82) is 0 Å². The second-order valence-corrected chi connectivity index (χ2v) is 4.77. The second kappa shape index (κ2) is 6.22. The van der Waals surface area contributed by atoms with Crippen LogP contribution in [0.25, 0.3) is 0 Å². The van der Waals surface area contributed by atoms with E-state index in [4.69, 9.17) is 16.3 Å². The highest BCUT2D eigenvalue weighted by atomic mass is 35.5. The summed E-state index contributed by atoms with van der Waals surface area (Å²) >= 11 is 5.60. The molecule has 1 saturated heterocycles. The van der Waals surface area contributed by atoms with E-state index in [-0.39, 0.29) is 5.02 Å². The van der Waals surface area contributed by atoms with E-state index in [0.29, 0.717) is 18.4 Å². The number of benzene rings is 1. The van der Waals surface area contributed by atoms with Gasteiger partial charge >= 0.3 is 0 Å². The highest BCUT2D eigenvalue weighted by Crippen LogP contribution is 2.20. The van der Waals surface area contributed by atoms with Crippen LogP contribution in [0.3, 0.4) is 0 Å². The number of rotatable bonds is 4. The van der Waals surface area contributed by atoms with Gasteiger partial charge in [0.15, 0.2) is 0 Å². The van der Waals surface area contributed by atoms with Crippen LogP contribution in [0.4, 0.5) is 4.39 Å². The highest BCUT2D eigenvalue weighted by Gasteiger charge is 2.12. The molecule has 1 aliphatic heterocycles. The van der Waals surface area contributed by atoms with Gasteiger partial charge in [-0.3, -0.25) is 0 Å². The molecule has 0 saturated carbocycles. The molecular weight excluding hydrogens is 241 g/mol. The van der Waals surface area contributed by atoms with E-state index in [0.717, 1.165) is 13.0 Å². The van der Waals surface area contributed by atoms with Crippen molar-refractivity contribution in [2.45, 2.75) is 31.7 Å². The molecule has 0 radical (unpaired) electrons. The third-order valence-electron chi connectivity index (χ3n) is 3.04. The van der Waals surface area contributed by atoms with E-state index >= 15 is 0 Å². The highest BCUT2D eigenvalue weighted by molar-refractivity contribution is 6.30. The summed E-state index contributed by atoms with van der Waals surface area (Å²) in [6.07, 6.45) is 4.72. The molecule has 0 amide bonds. The molecule has 2 rings (SSSR count). The molecule has 17 heavy (non-hydrogen) atoms. The molecule has 1 unspecified atom stereocenters. The fourth-order valence-electron chi connectivity index (χ4n) is 2.06. The molecule has 1 fully saturated rings. The molecule has 1 heterocycles. The summed E-state index contributed by atoms with van der Waals surface area (Å²) in [5.41, 5.74) is 0. The van der Waals surface area contributed by atoms with Gasteiger partial charge in [0.05, 0.1) is 11.6 Å². The summed E-state index contributed by atoms with van der Waals surface area (Å²) in [5.74, 6) is 0.114. The molecule has 1 aromatic carbocycles. The van der Waals surface area contributed by atoms with Crippen LogP contribution in [-0.4, -0.2) is 19.2 Å². The van der Waals surface area contributed by atoms with Gasteiger partial charge in [-0.15, -0.1) is 0 Å². The molecule has 2 nitrogen and oxygen atoms in total.